The molecular formula is C23H37N5O3. The molecule has 4 rings (SSSR count). The lowest BCUT2D eigenvalue weighted by Crippen LogP contribution is -2.49. The molecule has 0 aliphatic carbocycles. The van der Waals surface area contributed by atoms with Gasteiger partial charge in [0.1, 0.15) is 0 Å². The summed E-state index contributed by atoms with van der Waals surface area (Å²) in [5.74, 6) is 1.11. The van der Waals surface area contributed by atoms with E-state index in [1.165, 1.54) is 0 Å². The molecule has 4 heterocycles. The van der Waals surface area contributed by atoms with Crippen molar-refractivity contribution in [1.29, 1.82) is 0 Å². The number of aryl methyl sites for hydroxylation is 1. The van der Waals surface area contributed by atoms with E-state index in [1.54, 1.807) is 0 Å². The van der Waals surface area contributed by atoms with E-state index in [-0.39, 0.29) is 17.7 Å². The van der Waals surface area contributed by atoms with Crippen LogP contribution in [0.4, 0.5) is 0 Å². The van der Waals surface area contributed by atoms with E-state index in [1.807, 2.05) is 28.0 Å². The summed E-state index contributed by atoms with van der Waals surface area (Å²) in [6, 6.07) is 1.96. The normalized spacial score (nSPS) is 24.0. The Morgan fingerprint density at radius 2 is 1.87 bits per heavy atom. The van der Waals surface area contributed by atoms with Gasteiger partial charge in [0.25, 0.3) is 0 Å². The molecule has 2 amide bonds. The molecule has 0 saturated carbocycles. The Labute approximate surface area is 185 Å². The zero-order valence-electron chi connectivity index (χ0n) is 18.7. The number of rotatable bonds is 8. The number of ether oxygens (including phenoxy) is 1. The average Bonchev–Trinajstić information content (AvgIpc) is 3.33. The Hall–Kier alpha value is -1.93. The fourth-order valence-electron chi connectivity index (χ4n) is 5.09. The van der Waals surface area contributed by atoms with Crippen LogP contribution in [0.15, 0.2) is 18.5 Å². The SMILES string of the molecule is O=C1CCC(C(=O)N2CCC(CCn3cccn3)CC2)CN1CCCN1CCOCC1. The summed E-state index contributed by atoms with van der Waals surface area (Å²) in [6.45, 7) is 8.58. The van der Waals surface area contributed by atoms with Gasteiger partial charge in [-0.1, -0.05) is 0 Å². The van der Waals surface area contributed by atoms with Crippen molar-refractivity contribution in [2.45, 2.75) is 45.1 Å². The van der Waals surface area contributed by atoms with Crippen LogP contribution in [-0.4, -0.2) is 95.3 Å². The van der Waals surface area contributed by atoms with Crippen molar-refractivity contribution >= 4 is 11.8 Å². The second-order valence-electron chi connectivity index (χ2n) is 9.21. The van der Waals surface area contributed by atoms with E-state index >= 15 is 0 Å². The molecule has 31 heavy (non-hydrogen) atoms. The number of nitrogens with zero attached hydrogens (tertiary/aromatic N) is 5. The van der Waals surface area contributed by atoms with Gasteiger partial charge in [0.2, 0.25) is 11.8 Å². The first-order valence-corrected chi connectivity index (χ1v) is 12.0. The molecule has 0 aromatic carbocycles. The minimum Gasteiger partial charge on any atom is -0.379 e. The number of carbonyl (C=O) groups is 2. The highest BCUT2D eigenvalue weighted by atomic mass is 16.5. The lowest BCUT2D eigenvalue weighted by Gasteiger charge is -2.38. The highest BCUT2D eigenvalue weighted by molar-refractivity contribution is 5.84. The fourth-order valence-corrected chi connectivity index (χ4v) is 5.09. The first-order valence-electron chi connectivity index (χ1n) is 12.0. The first kappa shape index (κ1) is 22.3. The van der Waals surface area contributed by atoms with Gasteiger partial charge in [-0.05, 0) is 44.1 Å². The highest BCUT2D eigenvalue weighted by Gasteiger charge is 2.34. The van der Waals surface area contributed by atoms with Gasteiger partial charge in [-0.2, -0.15) is 5.10 Å². The third kappa shape index (κ3) is 6.29. The maximum atomic E-state index is 13.1. The zero-order valence-corrected chi connectivity index (χ0v) is 18.7. The van der Waals surface area contributed by atoms with Gasteiger partial charge >= 0.3 is 0 Å². The summed E-state index contributed by atoms with van der Waals surface area (Å²) >= 11 is 0. The number of likely N-dealkylation sites (tertiary alicyclic amines) is 2. The predicted molar refractivity (Wildman–Crippen MR) is 117 cm³/mol. The maximum Gasteiger partial charge on any atom is 0.227 e. The monoisotopic (exact) mass is 431 g/mol. The molecule has 0 N–H and O–H groups in total. The van der Waals surface area contributed by atoms with Gasteiger partial charge < -0.3 is 14.5 Å². The van der Waals surface area contributed by atoms with Crippen LogP contribution in [0, 0.1) is 11.8 Å². The molecule has 0 bridgehead atoms. The van der Waals surface area contributed by atoms with E-state index in [0.29, 0.717) is 25.3 Å². The summed E-state index contributed by atoms with van der Waals surface area (Å²) < 4.78 is 7.39. The van der Waals surface area contributed by atoms with Crippen LogP contribution in [0.1, 0.15) is 38.5 Å². The Bertz CT molecular complexity index is 696. The number of amides is 2. The van der Waals surface area contributed by atoms with Crippen molar-refractivity contribution in [1.82, 2.24) is 24.5 Å². The summed E-state index contributed by atoms with van der Waals surface area (Å²) in [5.41, 5.74) is 0. The maximum absolute atomic E-state index is 13.1. The minimum absolute atomic E-state index is 0.0262. The lowest BCUT2D eigenvalue weighted by atomic mass is 9.91. The molecule has 1 aromatic rings. The Morgan fingerprint density at radius 3 is 2.61 bits per heavy atom. The molecule has 1 atom stereocenters. The smallest absolute Gasteiger partial charge is 0.227 e. The third-order valence-corrected chi connectivity index (χ3v) is 7.11. The molecule has 3 aliphatic heterocycles. The number of hydrogen-bond donors (Lipinski definition) is 0. The third-order valence-electron chi connectivity index (χ3n) is 7.11. The zero-order chi connectivity index (χ0) is 21.5. The molecule has 1 unspecified atom stereocenters. The van der Waals surface area contributed by atoms with Crippen molar-refractivity contribution in [3.8, 4) is 0 Å². The number of carbonyl (C=O) groups excluding carboxylic acids is 2. The van der Waals surface area contributed by atoms with Crippen LogP contribution in [0.5, 0.6) is 0 Å². The van der Waals surface area contributed by atoms with Gasteiger partial charge in [-0.15, -0.1) is 0 Å². The van der Waals surface area contributed by atoms with Crippen molar-refractivity contribution in [2.24, 2.45) is 11.8 Å². The van der Waals surface area contributed by atoms with Crippen LogP contribution in [0.3, 0.4) is 0 Å². The Morgan fingerprint density at radius 1 is 1.06 bits per heavy atom. The number of aromatic nitrogens is 2. The van der Waals surface area contributed by atoms with E-state index in [2.05, 4.69) is 14.9 Å². The van der Waals surface area contributed by atoms with Gasteiger partial charge in [-0.25, -0.2) is 0 Å². The summed E-state index contributed by atoms with van der Waals surface area (Å²) in [6.07, 6.45) is 9.28. The van der Waals surface area contributed by atoms with Gasteiger partial charge in [-0.3, -0.25) is 19.2 Å². The molecule has 3 fully saturated rings. The highest BCUT2D eigenvalue weighted by Crippen LogP contribution is 2.25. The molecule has 1 aromatic heterocycles. The topological polar surface area (TPSA) is 70.9 Å². The predicted octanol–water partition coefficient (Wildman–Crippen LogP) is 1.47. The Kier molecular flexibility index (Phi) is 7.97. The van der Waals surface area contributed by atoms with Crippen molar-refractivity contribution in [3.05, 3.63) is 18.5 Å². The van der Waals surface area contributed by atoms with Gasteiger partial charge in [0.05, 0.1) is 19.1 Å². The second kappa shape index (κ2) is 11.1. The van der Waals surface area contributed by atoms with Crippen LogP contribution in [0.25, 0.3) is 0 Å². The van der Waals surface area contributed by atoms with Crippen molar-refractivity contribution in [2.75, 3.05) is 59.0 Å². The second-order valence-corrected chi connectivity index (χ2v) is 9.21. The van der Waals surface area contributed by atoms with E-state index in [9.17, 15) is 9.59 Å². The quantitative estimate of drug-likeness (QED) is 0.623. The van der Waals surface area contributed by atoms with E-state index in [0.717, 1.165) is 84.7 Å². The van der Waals surface area contributed by atoms with Crippen LogP contribution >= 0.6 is 0 Å². The largest absolute Gasteiger partial charge is 0.379 e. The van der Waals surface area contributed by atoms with E-state index < -0.39 is 0 Å². The number of hydrogen-bond acceptors (Lipinski definition) is 5. The molecule has 0 radical (unpaired) electrons. The van der Waals surface area contributed by atoms with Gasteiger partial charge in [0, 0.05) is 71.2 Å². The number of piperidine rings is 2. The van der Waals surface area contributed by atoms with Crippen LogP contribution in [0.2, 0.25) is 0 Å². The molecule has 8 nitrogen and oxygen atoms in total. The molecule has 3 aliphatic rings. The number of morpholine rings is 1. The van der Waals surface area contributed by atoms with Crippen molar-refractivity contribution < 1.29 is 14.3 Å². The molecule has 172 valence electrons. The Balaban J connectivity index is 1.18. The van der Waals surface area contributed by atoms with Crippen LogP contribution < -0.4 is 0 Å². The molecular weight excluding hydrogens is 394 g/mol. The lowest BCUT2D eigenvalue weighted by molar-refractivity contribution is -0.144. The van der Waals surface area contributed by atoms with Crippen LogP contribution in [-0.2, 0) is 20.9 Å². The summed E-state index contributed by atoms with van der Waals surface area (Å²) in [7, 11) is 0. The summed E-state index contributed by atoms with van der Waals surface area (Å²) in [5, 5.41) is 4.28. The minimum atomic E-state index is -0.0262. The molecule has 3 saturated heterocycles. The van der Waals surface area contributed by atoms with E-state index in [4.69, 9.17) is 4.74 Å². The molecule has 8 heteroatoms. The summed E-state index contributed by atoms with van der Waals surface area (Å²) in [4.78, 5) is 31.9. The van der Waals surface area contributed by atoms with Gasteiger partial charge in [0.15, 0.2) is 0 Å². The standard InChI is InChI=1S/C23H37N5O3/c29-22-4-3-21(19-27(22)10-2-9-25-15-17-31-18-16-25)23(30)26-12-5-20(6-13-26)7-14-28-11-1-8-24-28/h1,8,11,20-21H,2-7,9-10,12-19H2. The van der Waals surface area contributed by atoms with Crippen molar-refractivity contribution in [3.63, 3.8) is 0 Å². The average molecular weight is 432 g/mol. The molecule has 0 spiro atoms. The first-order chi connectivity index (χ1) is 15.2. The fraction of sp³-hybridized carbons (Fsp3) is 0.783.